The third kappa shape index (κ3) is 5.23. The number of para-hydroxylation sites is 1. The lowest BCUT2D eigenvalue weighted by Gasteiger charge is -2.27. The molecule has 184 valence electrons. The van der Waals surface area contributed by atoms with Crippen molar-refractivity contribution in [2.45, 2.75) is 45.1 Å². The molecule has 2 unspecified atom stereocenters. The Morgan fingerprint density at radius 1 is 1.20 bits per heavy atom. The average Bonchev–Trinajstić information content (AvgIpc) is 3.11. The van der Waals surface area contributed by atoms with Crippen molar-refractivity contribution in [3.05, 3.63) is 64.1 Å². The summed E-state index contributed by atoms with van der Waals surface area (Å²) in [6.45, 7) is -1.39. The van der Waals surface area contributed by atoms with Crippen LogP contribution in [0.5, 0.6) is 11.5 Å². The van der Waals surface area contributed by atoms with Crippen molar-refractivity contribution < 1.29 is 28.5 Å². The maximum absolute atomic E-state index is 12.9. The van der Waals surface area contributed by atoms with Gasteiger partial charge in [0.1, 0.15) is 17.2 Å². The van der Waals surface area contributed by atoms with Crippen LogP contribution in [0.2, 0.25) is 0 Å². The summed E-state index contributed by atoms with van der Waals surface area (Å²) in [5.41, 5.74) is 0.829. The highest BCUT2D eigenvalue weighted by molar-refractivity contribution is 5.70. The number of benzene rings is 2. The van der Waals surface area contributed by atoms with Gasteiger partial charge in [0.05, 0.1) is 17.3 Å². The molecule has 1 heterocycles. The van der Waals surface area contributed by atoms with Gasteiger partial charge in [-0.25, -0.2) is 4.68 Å². The first kappa shape index (κ1) is 24.1. The number of azo groups is 1. The molecule has 2 atom stereocenters. The normalized spacial score (nSPS) is 18.3. The number of carbonyl (C=O) groups is 1. The largest absolute Gasteiger partial charge is 0.505 e. The zero-order chi connectivity index (χ0) is 25.1. The second-order valence-electron chi connectivity index (χ2n) is 8.42. The standard InChI is InChI=1S/C24H24F2N4O5/c1-13-20(22(32)30(29-13)16-7-3-8-17(12-16)35-24(25)26)28-27-19-10-4-9-18(21(19)31)14-5-2-6-15(11-14)23(33)34/h3-4,7-10,12,14-15,24,29,31H,2,5-6,11H2,1H3,(H,33,34). The number of carboxylic acid groups (broad SMARTS) is 1. The minimum Gasteiger partial charge on any atom is -0.505 e. The van der Waals surface area contributed by atoms with Crippen LogP contribution in [0.25, 0.3) is 5.69 Å². The van der Waals surface area contributed by atoms with E-state index in [4.69, 9.17) is 0 Å². The lowest BCUT2D eigenvalue weighted by atomic mass is 9.77. The van der Waals surface area contributed by atoms with Crippen LogP contribution in [0.1, 0.15) is 42.9 Å². The van der Waals surface area contributed by atoms with Crippen molar-refractivity contribution in [1.82, 2.24) is 9.78 Å². The quantitative estimate of drug-likeness (QED) is 0.377. The third-order valence-electron chi connectivity index (χ3n) is 6.11. The van der Waals surface area contributed by atoms with E-state index in [9.17, 15) is 28.6 Å². The van der Waals surface area contributed by atoms with E-state index in [0.717, 1.165) is 17.5 Å². The number of aromatic hydroxyl groups is 1. The number of hydrogen-bond donors (Lipinski definition) is 3. The SMILES string of the molecule is Cc1[nH]n(-c2cccc(OC(F)F)c2)c(=O)c1N=Nc1cccc(C2CCCC(C(=O)O)C2)c1O. The molecule has 3 aromatic rings. The fraction of sp³-hybridized carbons (Fsp3) is 0.333. The van der Waals surface area contributed by atoms with E-state index in [1.807, 2.05) is 0 Å². The molecule has 0 aliphatic heterocycles. The van der Waals surface area contributed by atoms with E-state index in [1.54, 1.807) is 31.2 Å². The monoisotopic (exact) mass is 486 g/mol. The Bertz CT molecular complexity index is 1320. The zero-order valence-electron chi connectivity index (χ0n) is 18.8. The highest BCUT2D eigenvalue weighted by atomic mass is 19.3. The van der Waals surface area contributed by atoms with Crippen molar-refractivity contribution in [1.29, 1.82) is 0 Å². The number of phenols is 1. The van der Waals surface area contributed by atoms with Gasteiger partial charge in [-0.1, -0.05) is 24.6 Å². The molecule has 1 fully saturated rings. The summed E-state index contributed by atoms with van der Waals surface area (Å²) >= 11 is 0. The summed E-state index contributed by atoms with van der Waals surface area (Å²) in [5, 5.41) is 31.1. The Labute approximate surface area is 198 Å². The summed E-state index contributed by atoms with van der Waals surface area (Å²) in [4.78, 5) is 24.3. The maximum atomic E-state index is 12.9. The Kier molecular flexibility index (Phi) is 6.94. The van der Waals surface area contributed by atoms with Crippen molar-refractivity contribution in [3.8, 4) is 17.2 Å². The first-order chi connectivity index (χ1) is 16.7. The number of nitrogens with one attached hydrogen (secondary N) is 1. The molecule has 1 aromatic heterocycles. The van der Waals surface area contributed by atoms with Gasteiger partial charge in [-0.15, -0.1) is 10.2 Å². The molecule has 0 amide bonds. The summed E-state index contributed by atoms with van der Waals surface area (Å²) < 4.78 is 30.6. The number of carboxylic acids is 1. The van der Waals surface area contributed by atoms with Crippen LogP contribution in [-0.2, 0) is 4.79 Å². The third-order valence-corrected chi connectivity index (χ3v) is 6.11. The summed E-state index contributed by atoms with van der Waals surface area (Å²) in [6, 6.07) is 10.6. The lowest BCUT2D eigenvalue weighted by Crippen LogP contribution is -2.21. The van der Waals surface area contributed by atoms with Crippen LogP contribution in [0.3, 0.4) is 0 Å². The number of phenolic OH excluding ortho intramolecular Hbond substituents is 1. The number of halogens is 2. The molecule has 0 saturated heterocycles. The molecule has 1 aliphatic rings. The van der Waals surface area contributed by atoms with Crippen LogP contribution in [0, 0.1) is 12.8 Å². The summed E-state index contributed by atoms with van der Waals surface area (Å²) in [6.07, 6.45) is 2.55. The van der Waals surface area contributed by atoms with Crippen LogP contribution >= 0.6 is 0 Å². The van der Waals surface area contributed by atoms with E-state index in [-0.39, 0.29) is 34.5 Å². The molecule has 1 aliphatic carbocycles. The van der Waals surface area contributed by atoms with Crippen LogP contribution in [0.4, 0.5) is 20.2 Å². The lowest BCUT2D eigenvalue weighted by molar-refractivity contribution is -0.143. The fourth-order valence-corrected chi connectivity index (χ4v) is 4.40. The van der Waals surface area contributed by atoms with Gasteiger partial charge in [0, 0.05) is 6.07 Å². The number of rotatable bonds is 7. The molecule has 0 radical (unpaired) electrons. The van der Waals surface area contributed by atoms with Gasteiger partial charge >= 0.3 is 12.6 Å². The number of aliphatic carboxylic acids is 1. The Morgan fingerprint density at radius 3 is 2.71 bits per heavy atom. The van der Waals surface area contributed by atoms with Gasteiger partial charge in [0.2, 0.25) is 0 Å². The van der Waals surface area contributed by atoms with E-state index in [2.05, 4.69) is 20.1 Å². The number of nitrogens with zero attached hydrogens (tertiary/aromatic N) is 3. The number of ether oxygens (including phenoxy) is 1. The van der Waals surface area contributed by atoms with Gasteiger partial charge in [0.15, 0.2) is 5.69 Å². The van der Waals surface area contributed by atoms with Crippen molar-refractivity contribution in [3.63, 3.8) is 0 Å². The number of aryl methyl sites for hydroxylation is 1. The molecule has 11 heteroatoms. The maximum Gasteiger partial charge on any atom is 0.387 e. The van der Waals surface area contributed by atoms with E-state index < -0.39 is 24.1 Å². The second-order valence-corrected chi connectivity index (χ2v) is 8.42. The molecule has 2 aromatic carbocycles. The van der Waals surface area contributed by atoms with E-state index >= 15 is 0 Å². The van der Waals surface area contributed by atoms with Gasteiger partial charge < -0.3 is 14.9 Å². The molecule has 35 heavy (non-hydrogen) atoms. The molecular weight excluding hydrogens is 462 g/mol. The van der Waals surface area contributed by atoms with Crippen LogP contribution in [-0.4, -0.2) is 32.6 Å². The molecular formula is C24H24F2N4O5. The van der Waals surface area contributed by atoms with E-state index in [1.165, 1.54) is 18.2 Å². The van der Waals surface area contributed by atoms with Crippen LogP contribution < -0.4 is 10.3 Å². The molecule has 3 N–H and O–H groups in total. The Morgan fingerprint density at radius 2 is 1.97 bits per heavy atom. The first-order valence-electron chi connectivity index (χ1n) is 11.1. The van der Waals surface area contributed by atoms with Crippen molar-refractivity contribution in [2.24, 2.45) is 16.1 Å². The van der Waals surface area contributed by atoms with Gasteiger partial charge in [-0.3, -0.25) is 14.7 Å². The first-order valence-corrected chi connectivity index (χ1v) is 11.1. The number of aromatic nitrogens is 2. The van der Waals surface area contributed by atoms with Gasteiger partial charge in [-0.05, 0) is 55.9 Å². The molecule has 4 rings (SSSR count). The summed E-state index contributed by atoms with van der Waals surface area (Å²) in [7, 11) is 0. The minimum absolute atomic E-state index is 0.0152. The zero-order valence-corrected chi connectivity index (χ0v) is 18.8. The molecule has 9 nitrogen and oxygen atoms in total. The van der Waals surface area contributed by atoms with Crippen molar-refractivity contribution in [2.75, 3.05) is 0 Å². The van der Waals surface area contributed by atoms with Crippen molar-refractivity contribution >= 4 is 17.3 Å². The number of hydrogen-bond acceptors (Lipinski definition) is 6. The molecule has 0 bridgehead atoms. The Hall–Kier alpha value is -4.02. The molecule has 1 saturated carbocycles. The predicted octanol–water partition coefficient (Wildman–Crippen LogP) is 5.55. The number of aromatic amines is 1. The highest BCUT2D eigenvalue weighted by Gasteiger charge is 2.29. The summed E-state index contributed by atoms with van der Waals surface area (Å²) in [5.74, 6) is -1.61. The fourth-order valence-electron chi connectivity index (χ4n) is 4.40. The Balaban J connectivity index is 1.61. The van der Waals surface area contributed by atoms with Gasteiger partial charge in [-0.2, -0.15) is 8.78 Å². The number of alkyl halides is 2. The average molecular weight is 486 g/mol. The molecule has 0 spiro atoms. The minimum atomic E-state index is -3.00. The van der Waals surface area contributed by atoms with Gasteiger partial charge in [0.25, 0.3) is 5.56 Å². The smallest absolute Gasteiger partial charge is 0.387 e. The topological polar surface area (TPSA) is 129 Å². The van der Waals surface area contributed by atoms with Crippen LogP contribution in [0.15, 0.2) is 57.5 Å². The highest BCUT2D eigenvalue weighted by Crippen LogP contribution is 2.43. The predicted molar refractivity (Wildman–Crippen MR) is 122 cm³/mol. The second kappa shape index (κ2) is 10.1. The number of H-pyrrole nitrogens is 1. The van der Waals surface area contributed by atoms with E-state index in [0.29, 0.717) is 24.1 Å².